The third-order valence-electron chi connectivity index (χ3n) is 4.22. The summed E-state index contributed by atoms with van der Waals surface area (Å²) in [5.41, 5.74) is 0.593. The Morgan fingerprint density at radius 3 is 2.68 bits per heavy atom. The third-order valence-corrected chi connectivity index (χ3v) is 4.22. The fourth-order valence-corrected chi connectivity index (χ4v) is 3.10. The third kappa shape index (κ3) is 2.09. The molecule has 4 heteroatoms. The van der Waals surface area contributed by atoms with Crippen molar-refractivity contribution in [1.29, 1.82) is 0 Å². The Morgan fingerprint density at radius 1 is 1.32 bits per heavy atom. The van der Waals surface area contributed by atoms with Gasteiger partial charge in [-0.2, -0.15) is 0 Å². The Kier molecular flexibility index (Phi) is 3.35. The number of fused-ring (bicyclic) bond motifs is 2. The first-order chi connectivity index (χ1) is 9.15. The minimum absolute atomic E-state index is 0.0368. The molecule has 0 saturated carbocycles. The summed E-state index contributed by atoms with van der Waals surface area (Å²) in [5, 5.41) is 9.38. The predicted molar refractivity (Wildman–Crippen MR) is 69.4 cm³/mol. The maximum atomic E-state index is 9.38. The van der Waals surface area contributed by atoms with Gasteiger partial charge in [0, 0.05) is 5.92 Å². The average molecular weight is 264 g/mol. The fourth-order valence-electron chi connectivity index (χ4n) is 3.10. The molecule has 2 aliphatic rings. The second-order valence-corrected chi connectivity index (χ2v) is 5.55. The van der Waals surface area contributed by atoms with Gasteiger partial charge in [-0.25, -0.2) is 0 Å². The van der Waals surface area contributed by atoms with Gasteiger partial charge in [-0.15, -0.1) is 0 Å². The average Bonchev–Trinajstić information content (AvgIpc) is 2.88. The lowest BCUT2D eigenvalue weighted by atomic mass is 9.85. The molecular formula is C15H20O4. The van der Waals surface area contributed by atoms with E-state index >= 15 is 0 Å². The Labute approximate surface area is 113 Å². The molecule has 2 saturated heterocycles. The molecule has 0 radical (unpaired) electrons. The van der Waals surface area contributed by atoms with Crippen molar-refractivity contribution in [3.8, 4) is 0 Å². The van der Waals surface area contributed by atoms with Crippen molar-refractivity contribution in [2.75, 3.05) is 6.61 Å². The minimum Gasteiger partial charge on any atom is -0.394 e. The van der Waals surface area contributed by atoms with Crippen molar-refractivity contribution < 1.29 is 19.3 Å². The molecule has 2 heterocycles. The van der Waals surface area contributed by atoms with Crippen LogP contribution in [-0.4, -0.2) is 35.8 Å². The van der Waals surface area contributed by atoms with Crippen molar-refractivity contribution in [1.82, 2.24) is 0 Å². The van der Waals surface area contributed by atoms with Gasteiger partial charge in [0.15, 0.2) is 6.29 Å². The standard InChI is InChI=1S/C15H20O4/c1-10-13(17-9-11-6-4-3-5-7-11)15(2)12(8-16)18-14(10)19-15/h3-7,10,12-14,16H,8-9H2,1-2H3/t10-,12-,13-,14-,15-/m1/s1. The largest absolute Gasteiger partial charge is 0.394 e. The lowest BCUT2D eigenvalue weighted by Gasteiger charge is -2.36. The first kappa shape index (κ1) is 13.1. The van der Waals surface area contributed by atoms with Gasteiger partial charge in [0.2, 0.25) is 0 Å². The van der Waals surface area contributed by atoms with Gasteiger partial charge >= 0.3 is 0 Å². The van der Waals surface area contributed by atoms with Crippen molar-refractivity contribution in [2.24, 2.45) is 5.92 Å². The highest BCUT2D eigenvalue weighted by molar-refractivity contribution is 5.14. The molecule has 1 aromatic carbocycles. The molecule has 0 amide bonds. The van der Waals surface area contributed by atoms with Crippen LogP contribution in [0.5, 0.6) is 0 Å². The molecule has 0 spiro atoms. The number of aliphatic hydroxyl groups is 1. The van der Waals surface area contributed by atoms with Crippen molar-refractivity contribution in [3.63, 3.8) is 0 Å². The molecule has 0 aliphatic carbocycles. The van der Waals surface area contributed by atoms with Crippen LogP contribution in [0.2, 0.25) is 0 Å². The molecule has 4 nitrogen and oxygen atoms in total. The summed E-state index contributed by atoms with van der Waals surface area (Å²) in [4.78, 5) is 0. The molecule has 2 aliphatic heterocycles. The van der Waals surface area contributed by atoms with Crippen LogP contribution in [0.25, 0.3) is 0 Å². The van der Waals surface area contributed by atoms with Crippen molar-refractivity contribution in [3.05, 3.63) is 35.9 Å². The highest BCUT2D eigenvalue weighted by atomic mass is 16.8. The Morgan fingerprint density at radius 2 is 2.05 bits per heavy atom. The Hall–Kier alpha value is -0.940. The summed E-state index contributed by atoms with van der Waals surface area (Å²) in [5.74, 6) is 0.177. The van der Waals surface area contributed by atoms with E-state index in [9.17, 15) is 5.11 Å². The van der Waals surface area contributed by atoms with E-state index in [-0.39, 0.29) is 31.0 Å². The molecule has 2 bridgehead atoms. The van der Waals surface area contributed by atoms with E-state index in [1.54, 1.807) is 0 Å². The van der Waals surface area contributed by atoms with Crippen LogP contribution in [0.1, 0.15) is 19.4 Å². The van der Waals surface area contributed by atoms with E-state index in [1.165, 1.54) is 0 Å². The van der Waals surface area contributed by atoms with E-state index in [0.29, 0.717) is 6.61 Å². The Bertz CT molecular complexity index is 435. The molecule has 0 unspecified atom stereocenters. The van der Waals surface area contributed by atoms with Gasteiger partial charge < -0.3 is 19.3 Å². The lowest BCUT2D eigenvalue weighted by Crippen LogP contribution is -2.52. The maximum absolute atomic E-state index is 9.38. The molecule has 104 valence electrons. The topological polar surface area (TPSA) is 47.9 Å². The van der Waals surface area contributed by atoms with Crippen LogP contribution >= 0.6 is 0 Å². The van der Waals surface area contributed by atoms with Gasteiger partial charge in [0.05, 0.1) is 19.3 Å². The minimum atomic E-state index is -0.548. The molecule has 2 fully saturated rings. The first-order valence-corrected chi connectivity index (χ1v) is 6.75. The number of hydrogen-bond donors (Lipinski definition) is 1. The molecule has 0 aromatic heterocycles. The predicted octanol–water partition coefficient (Wildman–Crippen LogP) is 1.71. The van der Waals surface area contributed by atoms with Crippen molar-refractivity contribution in [2.45, 2.75) is 44.6 Å². The number of hydrogen-bond acceptors (Lipinski definition) is 4. The number of benzene rings is 1. The van der Waals surface area contributed by atoms with Gasteiger partial charge in [0.1, 0.15) is 11.7 Å². The monoisotopic (exact) mass is 264 g/mol. The van der Waals surface area contributed by atoms with Crippen LogP contribution in [0.4, 0.5) is 0 Å². The van der Waals surface area contributed by atoms with E-state index < -0.39 is 5.60 Å². The molecular weight excluding hydrogens is 244 g/mol. The highest BCUT2D eigenvalue weighted by Gasteiger charge is 2.62. The molecule has 3 rings (SSSR count). The highest BCUT2D eigenvalue weighted by Crippen LogP contribution is 2.47. The molecule has 1 N–H and O–H groups in total. The second kappa shape index (κ2) is 4.87. The quantitative estimate of drug-likeness (QED) is 0.899. The normalized spacial score (nSPS) is 40.8. The van der Waals surface area contributed by atoms with Gasteiger partial charge in [-0.3, -0.25) is 0 Å². The number of rotatable bonds is 4. The van der Waals surface area contributed by atoms with Gasteiger partial charge in [-0.05, 0) is 12.5 Å². The van der Waals surface area contributed by atoms with Crippen LogP contribution in [-0.2, 0) is 20.8 Å². The molecule has 1 aromatic rings. The molecule has 19 heavy (non-hydrogen) atoms. The van der Waals surface area contributed by atoms with Crippen molar-refractivity contribution >= 4 is 0 Å². The number of aliphatic hydroxyl groups excluding tert-OH is 1. The molecule has 5 atom stereocenters. The summed E-state index contributed by atoms with van der Waals surface area (Å²) >= 11 is 0. The van der Waals surface area contributed by atoms with E-state index in [0.717, 1.165) is 5.56 Å². The van der Waals surface area contributed by atoms with Crippen LogP contribution < -0.4 is 0 Å². The summed E-state index contributed by atoms with van der Waals surface area (Å²) in [6.07, 6.45) is -0.610. The second-order valence-electron chi connectivity index (χ2n) is 5.55. The maximum Gasteiger partial charge on any atom is 0.164 e. The van der Waals surface area contributed by atoms with Crippen LogP contribution in [0, 0.1) is 5.92 Å². The van der Waals surface area contributed by atoms with Crippen LogP contribution in [0.3, 0.4) is 0 Å². The Balaban J connectivity index is 1.70. The zero-order valence-corrected chi connectivity index (χ0v) is 11.3. The number of ether oxygens (including phenoxy) is 3. The lowest BCUT2D eigenvalue weighted by molar-refractivity contribution is -0.133. The van der Waals surface area contributed by atoms with Crippen LogP contribution in [0.15, 0.2) is 30.3 Å². The summed E-state index contributed by atoms with van der Waals surface area (Å²) in [6.45, 7) is 4.55. The zero-order valence-electron chi connectivity index (χ0n) is 11.3. The van der Waals surface area contributed by atoms with E-state index in [2.05, 4.69) is 6.92 Å². The first-order valence-electron chi connectivity index (χ1n) is 6.75. The van der Waals surface area contributed by atoms with E-state index in [4.69, 9.17) is 14.2 Å². The summed E-state index contributed by atoms with van der Waals surface area (Å²) in [7, 11) is 0. The zero-order chi connectivity index (χ0) is 13.5. The fraction of sp³-hybridized carbons (Fsp3) is 0.600. The summed E-state index contributed by atoms with van der Waals surface area (Å²) in [6, 6.07) is 10.1. The SMILES string of the molecule is C[C@H]1[C@@H]2O[C@H](CO)[C@@](C)(O2)[C@@H]1OCc1ccccc1. The van der Waals surface area contributed by atoms with Gasteiger partial charge in [0.25, 0.3) is 0 Å². The van der Waals surface area contributed by atoms with E-state index in [1.807, 2.05) is 37.3 Å². The summed E-state index contributed by atoms with van der Waals surface area (Å²) < 4.78 is 17.6. The smallest absolute Gasteiger partial charge is 0.164 e. The van der Waals surface area contributed by atoms with Gasteiger partial charge in [-0.1, -0.05) is 37.3 Å².